The highest BCUT2D eigenvalue weighted by Gasteiger charge is 2.13. The van der Waals surface area contributed by atoms with Crippen molar-refractivity contribution in [1.82, 2.24) is 10.3 Å². The second-order valence-corrected chi connectivity index (χ2v) is 5.46. The Morgan fingerprint density at radius 1 is 1.32 bits per heavy atom. The summed E-state index contributed by atoms with van der Waals surface area (Å²) >= 11 is 5.78. The first kappa shape index (κ1) is 18.3. The molecule has 6 nitrogen and oxygen atoms in total. The summed E-state index contributed by atoms with van der Waals surface area (Å²) in [5.74, 6) is 5.05. The van der Waals surface area contributed by atoms with Crippen LogP contribution in [0.4, 0.5) is 0 Å². The number of aromatic nitrogens is 1. The van der Waals surface area contributed by atoms with E-state index < -0.39 is 5.91 Å². The van der Waals surface area contributed by atoms with Crippen LogP contribution in [-0.2, 0) is 4.79 Å². The third kappa shape index (κ3) is 5.83. The predicted octanol–water partition coefficient (Wildman–Crippen LogP) is 2.19. The number of amides is 1. The summed E-state index contributed by atoms with van der Waals surface area (Å²) in [5.41, 5.74) is 0.268. The monoisotopic (exact) mass is 358 g/mol. The van der Waals surface area contributed by atoms with E-state index >= 15 is 0 Å². The number of Topliss-reactive ketones (excluding diaryl/α,β-unsaturated/α-hetero) is 1. The average Bonchev–Trinajstić information content (AvgIpc) is 2.58. The zero-order valence-corrected chi connectivity index (χ0v) is 14.1. The molecule has 0 spiro atoms. The molecule has 2 N–H and O–H groups in total. The summed E-state index contributed by atoms with van der Waals surface area (Å²) in [6.07, 6.45) is 1.36. The van der Waals surface area contributed by atoms with Crippen LogP contribution in [0.25, 0.3) is 0 Å². The molecule has 0 aliphatic heterocycles. The highest BCUT2D eigenvalue weighted by atomic mass is 35.5. The third-order valence-electron chi connectivity index (χ3n) is 2.94. The standard InChI is InChI=1S/C18H15ClN2O4/c1-12(22)10-21-18(24)17-16(23)9-13(11-20-17)3-2-8-25-15-6-4-14(19)5-7-15/h4-7,9,11,23H,8,10H2,1H3,(H,21,24). The maximum atomic E-state index is 11.8. The van der Waals surface area contributed by atoms with Crippen LogP contribution in [-0.4, -0.2) is 34.9 Å². The molecule has 0 aliphatic carbocycles. The van der Waals surface area contributed by atoms with Crippen molar-refractivity contribution in [2.75, 3.05) is 13.2 Å². The Kier molecular flexibility index (Phi) is 6.38. The first-order valence-electron chi connectivity index (χ1n) is 7.29. The maximum absolute atomic E-state index is 11.8. The molecule has 0 unspecified atom stereocenters. The zero-order chi connectivity index (χ0) is 18.2. The van der Waals surface area contributed by atoms with E-state index in [4.69, 9.17) is 16.3 Å². The molecule has 25 heavy (non-hydrogen) atoms. The number of benzene rings is 1. The quantitative estimate of drug-likeness (QED) is 0.800. The minimum atomic E-state index is -0.627. The van der Waals surface area contributed by atoms with Gasteiger partial charge in [-0.3, -0.25) is 9.59 Å². The molecule has 128 valence electrons. The van der Waals surface area contributed by atoms with Crippen LogP contribution in [0, 0.1) is 11.8 Å². The Bertz CT molecular complexity index is 838. The van der Waals surface area contributed by atoms with Gasteiger partial charge in [0.25, 0.3) is 5.91 Å². The van der Waals surface area contributed by atoms with Crippen molar-refractivity contribution in [1.29, 1.82) is 0 Å². The molecule has 1 aromatic carbocycles. The van der Waals surface area contributed by atoms with E-state index in [0.29, 0.717) is 16.3 Å². The molecule has 0 bridgehead atoms. The summed E-state index contributed by atoms with van der Waals surface area (Å²) in [5, 5.41) is 12.8. The van der Waals surface area contributed by atoms with Gasteiger partial charge in [-0.05, 0) is 37.3 Å². The second kappa shape index (κ2) is 8.71. The Morgan fingerprint density at radius 3 is 2.68 bits per heavy atom. The molecule has 1 amide bonds. The van der Waals surface area contributed by atoms with Gasteiger partial charge < -0.3 is 15.2 Å². The average molecular weight is 359 g/mol. The minimum absolute atomic E-state index is 0.121. The van der Waals surface area contributed by atoms with Crippen LogP contribution >= 0.6 is 11.6 Å². The lowest BCUT2D eigenvalue weighted by atomic mass is 10.2. The number of hydrogen-bond donors (Lipinski definition) is 2. The van der Waals surface area contributed by atoms with Crippen molar-refractivity contribution in [3.8, 4) is 23.3 Å². The van der Waals surface area contributed by atoms with Gasteiger partial charge in [0.15, 0.2) is 5.69 Å². The van der Waals surface area contributed by atoms with Gasteiger partial charge in [-0.1, -0.05) is 23.4 Å². The van der Waals surface area contributed by atoms with Crippen LogP contribution in [0.3, 0.4) is 0 Å². The fraction of sp³-hybridized carbons (Fsp3) is 0.167. The molecule has 0 atom stereocenters. The normalized spacial score (nSPS) is 9.68. The molecule has 0 fully saturated rings. The summed E-state index contributed by atoms with van der Waals surface area (Å²) in [6.45, 7) is 1.37. The van der Waals surface area contributed by atoms with E-state index in [2.05, 4.69) is 22.1 Å². The van der Waals surface area contributed by atoms with Crippen molar-refractivity contribution >= 4 is 23.3 Å². The van der Waals surface area contributed by atoms with E-state index in [1.54, 1.807) is 24.3 Å². The lowest BCUT2D eigenvalue weighted by Crippen LogP contribution is -2.29. The molecule has 0 radical (unpaired) electrons. The third-order valence-corrected chi connectivity index (χ3v) is 3.19. The number of rotatable bonds is 5. The second-order valence-electron chi connectivity index (χ2n) is 5.02. The van der Waals surface area contributed by atoms with Gasteiger partial charge in [0.05, 0.1) is 6.54 Å². The van der Waals surface area contributed by atoms with Crippen molar-refractivity contribution in [2.24, 2.45) is 0 Å². The maximum Gasteiger partial charge on any atom is 0.274 e. The molecule has 2 aromatic rings. The van der Waals surface area contributed by atoms with Gasteiger partial charge in [0.2, 0.25) is 0 Å². The van der Waals surface area contributed by atoms with E-state index in [1.807, 2.05) is 0 Å². The molecular formula is C18H15ClN2O4. The highest BCUT2D eigenvalue weighted by molar-refractivity contribution is 6.30. The Labute approximate surface area is 149 Å². The molecule has 2 rings (SSSR count). The lowest BCUT2D eigenvalue weighted by Gasteiger charge is -2.04. The zero-order valence-electron chi connectivity index (χ0n) is 13.4. The first-order chi connectivity index (χ1) is 12.0. The molecule has 1 aromatic heterocycles. The van der Waals surface area contributed by atoms with Gasteiger partial charge >= 0.3 is 0 Å². The number of ether oxygens (including phenoxy) is 1. The number of halogens is 1. The fourth-order valence-electron chi connectivity index (χ4n) is 1.77. The van der Waals surface area contributed by atoms with Crippen molar-refractivity contribution in [3.05, 3.63) is 52.8 Å². The topological polar surface area (TPSA) is 88.5 Å². The predicted molar refractivity (Wildman–Crippen MR) is 92.7 cm³/mol. The van der Waals surface area contributed by atoms with Crippen molar-refractivity contribution in [2.45, 2.75) is 6.92 Å². The Balaban J connectivity index is 1.95. The summed E-state index contributed by atoms with van der Waals surface area (Å²) < 4.78 is 5.42. The van der Waals surface area contributed by atoms with Crippen LogP contribution in [0.1, 0.15) is 23.0 Å². The largest absolute Gasteiger partial charge is 0.505 e. The van der Waals surface area contributed by atoms with Gasteiger partial charge in [-0.15, -0.1) is 0 Å². The van der Waals surface area contributed by atoms with Crippen LogP contribution in [0.2, 0.25) is 5.02 Å². The highest BCUT2D eigenvalue weighted by Crippen LogP contribution is 2.16. The number of nitrogens with zero attached hydrogens (tertiary/aromatic N) is 1. The first-order valence-corrected chi connectivity index (χ1v) is 7.67. The number of nitrogens with one attached hydrogen (secondary N) is 1. The number of hydrogen-bond acceptors (Lipinski definition) is 5. The molecule has 7 heteroatoms. The van der Waals surface area contributed by atoms with E-state index in [0.717, 1.165) is 0 Å². The van der Waals surface area contributed by atoms with Crippen LogP contribution < -0.4 is 10.1 Å². The molecular weight excluding hydrogens is 344 g/mol. The van der Waals surface area contributed by atoms with Gasteiger partial charge in [0.1, 0.15) is 23.9 Å². The van der Waals surface area contributed by atoms with E-state index in [9.17, 15) is 14.7 Å². The van der Waals surface area contributed by atoms with E-state index in [1.165, 1.54) is 19.2 Å². The number of carbonyl (C=O) groups excluding carboxylic acids is 2. The minimum Gasteiger partial charge on any atom is -0.505 e. The SMILES string of the molecule is CC(=O)CNC(=O)c1ncc(C#CCOc2ccc(Cl)cc2)cc1O. The van der Waals surface area contributed by atoms with Gasteiger partial charge in [-0.2, -0.15) is 0 Å². The molecule has 0 aliphatic rings. The number of ketones is 1. The number of carbonyl (C=O) groups is 2. The van der Waals surface area contributed by atoms with Crippen LogP contribution in [0.5, 0.6) is 11.5 Å². The number of aromatic hydroxyl groups is 1. The Hall–Kier alpha value is -3.04. The summed E-state index contributed by atoms with van der Waals surface area (Å²) in [7, 11) is 0. The van der Waals surface area contributed by atoms with Gasteiger partial charge in [0, 0.05) is 16.8 Å². The van der Waals surface area contributed by atoms with Crippen molar-refractivity contribution < 1.29 is 19.4 Å². The Morgan fingerprint density at radius 2 is 2.04 bits per heavy atom. The van der Waals surface area contributed by atoms with Gasteiger partial charge in [-0.25, -0.2) is 4.98 Å². The lowest BCUT2D eigenvalue weighted by molar-refractivity contribution is -0.116. The summed E-state index contributed by atoms with van der Waals surface area (Å²) in [6, 6.07) is 8.20. The fourth-order valence-corrected chi connectivity index (χ4v) is 1.90. The van der Waals surface area contributed by atoms with Crippen LogP contribution in [0.15, 0.2) is 36.5 Å². The molecule has 0 saturated heterocycles. The smallest absolute Gasteiger partial charge is 0.274 e. The van der Waals surface area contributed by atoms with E-state index in [-0.39, 0.29) is 30.4 Å². The molecule has 0 saturated carbocycles. The molecule has 1 heterocycles. The number of pyridine rings is 1. The van der Waals surface area contributed by atoms with Crippen molar-refractivity contribution in [3.63, 3.8) is 0 Å². The summed E-state index contributed by atoms with van der Waals surface area (Å²) in [4.78, 5) is 26.5.